The summed E-state index contributed by atoms with van der Waals surface area (Å²) in [5.41, 5.74) is 9.56. The van der Waals surface area contributed by atoms with Gasteiger partial charge in [0.15, 0.2) is 5.11 Å². The fourth-order valence-electron chi connectivity index (χ4n) is 1.37. The maximum Gasteiger partial charge on any atom is 0.220 e. The molecule has 0 atom stereocenters. The van der Waals surface area contributed by atoms with E-state index in [4.69, 9.17) is 18.0 Å². The topological polar surface area (TPSA) is 79.5 Å². The quantitative estimate of drug-likeness (QED) is 0.416. The number of amides is 1. The molecule has 0 aliphatic heterocycles. The Balaban J connectivity index is 2.79. The molecule has 1 aromatic rings. The summed E-state index contributed by atoms with van der Waals surface area (Å²) in [6, 6.07) is 9.58. The lowest BCUT2D eigenvalue weighted by atomic mass is 10.1. The number of carbonyl (C=O) groups is 1. The van der Waals surface area contributed by atoms with E-state index in [-0.39, 0.29) is 11.0 Å². The lowest BCUT2D eigenvalue weighted by Crippen LogP contribution is -2.26. The van der Waals surface area contributed by atoms with E-state index in [9.17, 15) is 4.79 Å². The van der Waals surface area contributed by atoms with Crippen molar-refractivity contribution in [1.29, 1.82) is 0 Å². The van der Waals surface area contributed by atoms with Gasteiger partial charge in [-0.25, -0.2) is 0 Å². The fourth-order valence-corrected chi connectivity index (χ4v) is 1.42. The lowest BCUT2D eigenvalue weighted by molar-refractivity contribution is -0.120. The average molecular weight is 264 g/mol. The molecule has 0 unspecified atom stereocenters. The van der Waals surface area contributed by atoms with Crippen molar-refractivity contribution in [1.82, 2.24) is 10.7 Å². The molecular weight excluding hydrogens is 248 g/mol. The highest BCUT2D eigenvalue weighted by atomic mass is 32.1. The molecule has 0 saturated carbocycles. The Labute approximate surface area is 111 Å². The van der Waals surface area contributed by atoms with E-state index >= 15 is 0 Å². The number of thiocarbonyl (C=S) groups is 1. The van der Waals surface area contributed by atoms with Gasteiger partial charge in [-0.1, -0.05) is 30.3 Å². The molecule has 6 heteroatoms. The molecule has 5 nitrogen and oxygen atoms in total. The van der Waals surface area contributed by atoms with Gasteiger partial charge in [0.1, 0.15) is 0 Å². The first-order valence-electron chi connectivity index (χ1n) is 5.51. The zero-order chi connectivity index (χ0) is 13.4. The smallest absolute Gasteiger partial charge is 0.220 e. The number of nitrogens with two attached hydrogens (primary N) is 1. The van der Waals surface area contributed by atoms with Gasteiger partial charge in [-0.05, 0) is 17.8 Å². The molecule has 0 aromatic heterocycles. The van der Waals surface area contributed by atoms with Crippen molar-refractivity contribution in [3.63, 3.8) is 0 Å². The molecule has 0 aliphatic rings. The van der Waals surface area contributed by atoms with E-state index in [2.05, 4.69) is 15.8 Å². The third-order valence-electron chi connectivity index (χ3n) is 2.28. The van der Waals surface area contributed by atoms with E-state index in [1.807, 2.05) is 30.3 Å². The van der Waals surface area contributed by atoms with Crippen LogP contribution in [-0.2, 0) is 4.79 Å². The zero-order valence-electron chi connectivity index (χ0n) is 10.1. The van der Waals surface area contributed by atoms with Gasteiger partial charge in [-0.15, -0.1) is 0 Å². The SMILES string of the molecule is CNC(=O)CCC(=NNC(N)=S)c1ccccc1. The average Bonchev–Trinajstić information content (AvgIpc) is 2.39. The van der Waals surface area contributed by atoms with E-state index < -0.39 is 0 Å². The van der Waals surface area contributed by atoms with Crippen LogP contribution in [0.1, 0.15) is 18.4 Å². The van der Waals surface area contributed by atoms with Gasteiger partial charge in [0.25, 0.3) is 0 Å². The molecule has 1 rings (SSSR count). The summed E-state index contributed by atoms with van der Waals surface area (Å²) >= 11 is 4.70. The predicted molar refractivity (Wildman–Crippen MR) is 76.2 cm³/mol. The Kier molecular flexibility index (Phi) is 5.79. The molecule has 0 saturated heterocycles. The number of hydrazone groups is 1. The number of carbonyl (C=O) groups excluding carboxylic acids is 1. The summed E-state index contributed by atoms with van der Waals surface area (Å²) < 4.78 is 0. The molecule has 4 N–H and O–H groups in total. The Morgan fingerprint density at radius 3 is 2.56 bits per heavy atom. The first kappa shape index (κ1) is 14.1. The summed E-state index contributed by atoms with van der Waals surface area (Å²) in [5, 5.41) is 6.79. The van der Waals surface area contributed by atoms with Gasteiger partial charge in [0, 0.05) is 19.9 Å². The van der Waals surface area contributed by atoms with Gasteiger partial charge in [-0.2, -0.15) is 5.10 Å². The minimum Gasteiger partial charge on any atom is -0.375 e. The molecule has 0 bridgehead atoms. The molecule has 1 amide bonds. The van der Waals surface area contributed by atoms with Gasteiger partial charge in [0.2, 0.25) is 5.91 Å². The summed E-state index contributed by atoms with van der Waals surface area (Å²) in [6.07, 6.45) is 0.878. The Morgan fingerprint density at radius 2 is 2.00 bits per heavy atom. The number of benzene rings is 1. The summed E-state index contributed by atoms with van der Waals surface area (Å²) in [7, 11) is 1.61. The first-order chi connectivity index (χ1) is 8.63. The Bertz CT molecular complexity index is 445. The van der Waals surface area contributed by atoms with E-state index in [0.717, 1.165) is 11.3 Å². The highest BCUT2D eigenvalue weighted by molar-refractivity contribution is 7.80. The second kappa shape index (κ2) is 7.39. The minimum absolute atomic E-state index is 0.0334. The number of hydrogen-bond acceptors (Lipinski definition) is 3. The summed E-state index contributed by atoms with van der Waals surface area (Å²) in [6.45, 7) is 0. The second-order valence-corrected chi connectivity index (χ2v) is 4.01. The van der Waals surface area contributed by atoms with Crippen LogP contribution < -0.4 is 16.5 Å². The monoisotopic (exact) mass is 264 g/mol. The number of nitrogens with one attached hydrogen (secondary N) is 2. The van der Waals surface area contributed by atoms with Crippen LogP contribution in [0.2, 0.25) is 0 Å². The van der Waals surface area contributed by atoms with Crippen LogP contribution in [0, 0.1) is 0 Å². The molecule has 18 heavy (non-hydrogen) atoms. The highest BCUT2D eigenvalue weighted by Gasteiger charge is 2.06. The Morgan fingerprint density at radius 1 is 1.33 bits per heavy atom. The van der Waals surface area contributed by atoms with Crippen LogP contribution in [0.3, 0.4) is 0 Å². The molecule has 0 spiro atoms. The normalized spacial score (nSPS) is 10.8. The third-order valence-corrected chi connectivity index (χ3v) is 2.37. The maximum absolute atomic E-state index is 11.2. The molecule has 96 valence electrons. The molecular formula is C12H16N4OS. The number of hydrogen-bond donors (Lipinski definition) is 3. The van der Waals surface area contributed by atoms with Crippen LogP contribution in [0.5, 0.6) is 0 Å². The fraction of sp³-hybridized carbons (Fsp3) is 0.250. The van der Waals surface area contributed by atoms with Gasteiger partial charge in [-0.3, -0.25) is 10.2 Å². The molecule has 1 aromatic carbocycles. The van der Waals surface area contributed by atoms with Crippen molar-refractivity contribution in [3.8, 4) is 0 Å². The van der Waals surface area contributed by atoms with Crippen LogP contribution in [0.4, 0.5) is 0 Å². The number of rotatable bonds is 5. The van der Waals surface area contributed by atoms with Gasteiger partial charge < -0.3 is 11.1 Å². The van der Waals surface area contributed by atoms with Crippen molar-refractivity contribution in [2.24, 2.45) is 10.8 Å². The predicted octanol–water partition coefficient (Wildman–Crippen LogP) is 0.750. The van der Waals surface area contributed by atoms with Gasteiger partial charge >= 0.3 is 0 Å². The molecule has 0 fully saturated rings. The van der Waals surface area contributed by atoms with E-state index in [0.29, 0.717) is 12.8 Å². The van der Waals surface area contributed by atoms with Crippen LogP contribution in [-0.4, -0.2) is 23.8 Å². The second-order valence-electron chi connectivity index (χ2n) is 3.57. The first-order valence-corrected chi connectivity index (χ1v) is 5.92. The minimum atomic E-state index is -0.0334. The van der Waals surface area contributed by atoms with Crippen molar-refractivity contribution in [2.45, 2.75) is 12.8 Å². The third kappa shape index (κ3) is 4.92. The Hall–Kier alpha value is -1.95. The summed E-state index contributed by atoms with van der Waals surface area (Å²) in [5.74, 6) is -0.0334. The summed E-state index contributed by atoms with van der Waals surface area (Å²) in [4.78, 5) is 11.2. The van der Waals surface area contributed by atoms with Crippen molar-refractivity contribution >= 4 is 28.9 Å². The zero-order valence-corrected chi connectivity index (χ0v) is 11.0. The van der Waals surface area contributed by atoms with Crippen LogP contribution in [0.25, 0.3) is 0 Å². The standard InChI is InChI=1S/C12H16N4OS/c1-14-11(17)8-7-10(15-16-12(13)18)9-5-3-2-4-6-9/h2-6H,7-8H2,1H3,(H,14,17)(H3,13,16,18). The largest absolute Gasteiger partial charge is 0.375 e. The highest BCUT2D eigenvalue weighted by Crippen LogP contribution is 2.06. The van der Waals surface area contributed by atoms with Crippen molar-refractivity contribution < 1.29 is 4.79 Å². The van der Waals surface area contributed by atoms with E-state index in [1.165, 1.54) is 0 Å². The van der Waals surface area contributed by atoms with E-state index in [1.54, 1.807) is 7.05 Å². The lowest BCUT2D eigenvalue weighted by Gasteiger charge is -2.07. The van der Waals surface area contributed by atoms with Crippen molar-refractivity contribution in [3.05, 3.63) is 35.9 Å². The maximum atomic E-state index is 11.2. The van der Waals surface area contributed by atoms with Crippen LogP contribution in [0.15, 0.2) is 35.4 Å². The molecule has 0 aliphatic carbocycles. The van der Waals surface area contributed by atoms with Crippen LogP contribution >= 0.6 is 12.2 Å². The van der Waals surface area contributed by atoms with Crippen molar-refractivity contribution in [2.75, 3.05) is 7.05 Å². The molecule has 0 radical (unpaired) electrons. The van der Waals surface area contributed by atoms with Gasteiger partial charge in [0.05, 0.1) is 5.71 Å². The molecule has 0 heterocycles. The number of nitrogens with zero attached hydrogens (tertiary/aromatic N) is 1.